The van der Waals surface area contributed by atoms with Crippen LogP contribution in [0.25, 0.3) is 0 Å². The number of ether oxygens (including phenoxy) is 1. The first-order chi connectivity index (χ1) is 10.1. The summed E-state index contributed by atoms with van der Waals surface area (Å²) in [5, 5.41) is 9.96. The molecule has 0 bridgehead atoms. The summed E-state index contributed by atoms with van der Waals surface area (Å²) in [7, 11) is 1.92. The molecule has 21 heavy (non-hydrogen) atoms. The van der Waals surface area contributed by atoms with E-state index in [0.29, 0.717) is 18.8 Å². The molecule has 5 heteroatoms. The minimum absolute atomic E-state index is 0.170. The molecule has 1 aromatic heterocycles. The van der Waals surface area contributed by atoms with Gasteiger partial charge in [0.15, 0.2) is 0 Å². The highest BCUT2D eigenvalue weighted by atomic mass is 19.1. The van der Waals surface area contributed by atoms with Crippen LogP contribution in [0, 0.1) is 5.82 Å². The highest BCUT2D eigenvalue weighted by Crippen LogP contribution is 2.11. The number of hydrogen-bond donors (Lipinski definition) is 1. The summed E-state index contributed by atoms with van der Waals surface area (Å²) in [5.74, 6) is 0.240. The second-order valence-corrected chi connectivity index (χ2v) is 4.98. The molecule has 0 radical (unpaired) electrons. The molecule has 0 saturated carbocycles. The molecule has 2 rings (SSSR count). The Kier molecular flexibility index (Phi) is 5.66. The van der Waals surface area contributed by atoms with E-state index in [4.69, 9.17) is 4.74 Å². The molecule has 1 N–H and O–H groups in total. The average Bonchev–Trinajstić information content (AvgIpc) is 2.47. The lowest BCUT2D eigenvalue weighted by Gasteiger charge is -2.20. The first-order valence-electron chi connectivity index (χ1n) is 6.77. The van der Waals surface area contributed by atoms with Crippen LogP contribution in [0.15, 0.2) is 48.8 Å². The van der Waals surface area contributed by atoms with E-state index in [9.17, 15) is 9.50 Å². The fourth-order valence-electron chi connectivity index (χ4n) is 2.00. The molecular formula is C16H19FN2O2. The Labute approximate surface area is 123 Å². The van der Waals surface area contributed by atoms with Crippen molar-refractivity contribution in [3.8, 4) is 5.75 Å². The van der Waals surface area contributed by atoms with Crippen molar-refractivity contribution >= 4 is 0 Å². The van der Waals surface area contributed by atoms with E-state index in [-0.39, 0.29) is 12.4 Å². The predicted octanol–water partition coefficient (Wildman–Crippen LogP) is 2.09. The summed E-state index contributed by atoms with van der Waals surface area (Å²) in [6.45, 7) is 1.36. The Morgan fingerprint density at radius 3 is 2.71 bits per heavy atom. The summed E-state index contributed by atoms with van der Waals surface area (Å²) in [4.78, 5) is 6.05. The molecule has 0 fully saturated rings. The number of benzene rings is 1. The SMILES string of the molecule is CN(Cc1cccnc1)CC(O)COc1ccc(F)cc1. The molecule has 0 saturated heterocycles. The lowest BCUT2D eigenvalue weighted by Crippen LogP contribution is -2.32. The number of aliphatic hydroxyl groups is 1. The van der Waals surface area contributed by atoms with Crippen molar-refractivity contribution < 1.29 is 14.2 Å². The van der Waals surface area contributed by atoms with Crippen LogP contribution in [0.5, 0.6) is 5.75 Å². The molecule has 0 aliphatic rings. The van der Waals surface area contributed by atoms with Crippen LogP contribution in [0.2, 0.25) is 0 Å². The number of aromatic nitrogens is 1. The molecule has 0 amide bonds. The van der Waals surface area contributed by atoms with Crippen molar-refractivity contribution in [3.63, 3.8) is 0 Å². The van der Waals surface area contributed by atoms with E-state index in [1.54, 1.807) is 24.5 Å². The molecule has 1 aromatic carbocycles. The summed E-state index contributed by atoms with van der Waals surface area (Å²) < 4.78 is 18.2. The third kappa shape index (κ3) is 5.49. The van der Waals surface area contributed by atoms with E-state index < -0.39 is 6.10 Å². The topological polar surface area (TPSA) is 45.6 Å². The van der Waals surface area contributed by atoms with Crippen LogP contribution in [0.3, 0.4) is 0 Å². The van der Waals surface area contributed by atoms with Crippen molar-refractivity contribution in [2.45, 2.75) is 12.6 Å². The number of pyridine rings is 1. The quantitative estimate of drug-likeness (QED) is 0.848. The zero-order valence-corrected chi connectivity index (χ0v) is 11.9. The summed E-state index contributed by atoms with van der Waals surface area (Å²) in [6, 6.07) is 9.62. The Hall–Kier alpha value is -1.98. The molecule has 1 unspecified atom stereocenters. The van der Waals surface area contributed by atoms with Crippen molar-refractivity contribution in [2.75, 3.05) is 20.2 Å². The number of nitrogens with zero attached hydrogens (tertiary/aromatic N) is 2. The Morgan fingerprint density at radius 1 is 1.29 bits per heavy atom. The van der Waals surface area contributed by atoms with E-state index in [2.05, 4.69) is 4.98 Å². The Bertz CT molecular complexity index is 534. The first kappa shape index (κ1) is 15.4. The van der Waals surface area contributed by atoms with Crippen LogP contribution in [-0.2, 0) is 6.54 Å². The number of likely N-dealkylation sites (N-methyl/N-ethyl adjacent to an activating group) is 1. The monoisotopic (exact) mass is 290 g/mol. The maximum Gasteiger partial charge on any atom is 0.123 e. The fourth-order valence-corrected chi connectivity index (χ4v) is 2.00. The van der Waals surface area contributed by atoms with Crippen LogP contribution in [0.4, 0.5) is 4.39 Å². The molecule has 1 heterocycles. The van der Waals surface area contributed by atoms with Crippen molar-refractivity contribution in [1.29, 1.82) is 0 Å². The first-order valence-corrected chi connectivity index (χ1v) is 6.77. The van der Waals surface area contributed by atoms with Crippen molar-refractivity contribution in [1.82, 2.24) is 9.88 Å². The highest BCUT2D eigenvalue weighted by Gasteiger charge is 2.10. The number of rotatable bonds is 7. The fraction of sp³-hybridized carbons (Fsp3) is 0.312. The summed E-state index contributed by atoms with van der Waals surface area (Å²) >= 11 is 0. The lowest BCUT2D eigenvalue weighted by molar-refractivity contribution is 0.0743. The molecule has 0 aliphatic heterocycles. The van der Waals surface area contributed by atoms with E-state index in [1.165, 1.54) is 12.1 Å². The summed E-state index contributed by atoms with van der Waals surface area (Å²) in [6.07, 6.45) is 2.92. The maximum atomic E-state index is 12.7. The van der Waals surface area contributed by atoms with Gasteiger partial charge >= 0.3 is 0 Å². The zero-order valence-electron chi connectivity index (χ0n) is 11.9. The lowest BCUT2D eigenvalue weighted by atomic mass is 10.2. The number of aliphatic hydroxyl groups excluding tert-OH is 1. The molecule has 4 nitrogen and oxygen atoms in total. The van der Waals surface area contributed by atoms with Gasteiger partial charge in [-0.05, 0) is 42.9 Å². The van der Waals surface area contributed by atoms with Gasteiger partial charge in [-0.3, -0.25) is 9.88 Å². The molecule has 112 valence electrons. The largest absolute Gasteiger partial charge is 0.491 e. The minimum Gasteiger partial charge on any atom is -0.491 e. The van der Waals surface area contributed by atoms with Gasteiger partial charge in [-0.2, -0.15) is 0 Å². The van der Waals surface area contributed by atoms with E-state index in [1.807, 2.05) is 24.1 Å². The van der Waals surface area contributed by atoms with Gasteiger partial charge < -0.3 is 9.84 Å². The summed E-state index contributed by atoms with van der Waals surface area (Å²) in [5.41, 5.74) is 1.09. The van der Waals surface area contributed by atoms with Crippen LogP contribution < -0.4 is 4.74 Å². The molecule has 0 spiro atoms. The van der Waals surface area contributed by atoms with Crippen LogP contribution in [0.1, 0.15) is 5.56 Å². The standard InChI is InChI=1S/C16H19FN2O2/c1-19(10-13-3-2-8-18-9-13)11-15(20)12-21-16-6-4-14(17)5-7-16/h2-9,15,20H,10-12H2,1H3. The second kappa shape index (κ2) is 7.71. The minimum atomic E-state index is -0.614. The van der Waals surface area contributed by atoms with Gasteiger partial charge in [0.25, 0.3) is 0 Å². The van der Waals surface area contributed by atoms with Gasteiger partial charge in [-0.15, -0.1) is 0 Å². The molecular weight excluding hydrogens is 271 g/mol. The van der Waals surface area contributed by atoms with Gasteiger partial charge in [-0.25, -0.2) is 4.39 Å². The van der Waals surface area contributed by atoms with Crippen LogP contribution in [-0.4, -0.2) is 41.3 Å². The Morgan fingerprint density at radius 2 is 2.05 bits per heavy atom. The third-order valence-electron chi connectivity index (χ3n) is 2.95. The zero-order chi connectivity index (χ0) is 15.1. The van der Waals surface area contributed by atoms with Crippen LogP contribution >= 0.6 is 0 Å². The number of hydrogen-bond acceptors (Lipinski definition) is 4. The highest BCUT2D eigenvalue weighted by molar-refractivity contribution is 5.22. The van der Waals surface area contributed by atoms with Gasteiger partial charge in [0.05, 0.1) is 0 Å². The van der Waals surface area contributed by atoms with Gasteiger partial charge in [0.2, 0.25) is 0 Å². The smallest absolute Gasteiger partial charge is 0.123 e. The van der Waals surface area contributed by atoms with E-state index >= 15 is 0 Å². The van der Waals surface area contributed by atoms with Gasteiger partial charge in [-0.1, -0.05) is 6.07 Å². The second-order valence-electron chi connectivity index (χ2n) is 4.98. The maximum absolute atomic E-state index is 12.7. The number of halogens is 1. The molecule has 1 atom stereocenters. The third-order valence-corrected chi connectivity index (χ3v) is 2.95. The van der Waals surface area contributed by atoms with Crippen molar-refractivity contribution in [3.05, 3.63) is 60.2 Å². The average molecular weight is 290 g/mol. The normalized spacial score (nSPS) is 12.4. The molecule has 2 aromatic rings. The predicted molar refractivity (Wildman–Crippen MR) is 78.5 cm³/mol. The van der Waals surface area contributed by atoms with Crippen molar-refractivity contribution in [2.24, 2.45) is 0 Å². The van der Waals surface area contributed by atoms with Gasteiger partial charge in [0.1, 0.15) is 24.3 Å². The van der Waals surface area contributed by atoms with Gasteiger partial charge in [0, 0.05) is 25.5 Å². The van der Waals surface area contributed by atoms with E-state index in [0.717, 1.165) is 5.56 Å². The molecule has 0 aliphatic carbocycles. The Balaban J connectivity index is 1.73.